The third kappa shape index (κ3) is 2.48. The zero-order valence-corrected chi connectivity index (χ0v) is 9.65. The molecule has 0 spiro atoms. The van der Waals surface area contributed by atoms with E-state index < -0.39 is 5.97 Å². The van der Waals surface area contributed by atoms with E-state index in [0.29, 0.717) is 16.6 Å². The van der Waals surface area contributed by atoms with Crippen LogP contribution in [0.15, 0.2) is 12.1 Å². The smallest absolute Gasteiger partial charge is 0.354 e. The van der Waals surface area contributed by atoms with Crippen LogP contribution in [0.3, 0.4) is 0 Å². The van der Waals surface area contributed by atoms with E-state index in [9.17, 15) is 4.79 Å². The molecule has 0 aromatic carbocycles. The predicted octanol–water partition coefficient (Wildman–Crippen LogP) is 1.27. The Morgan fingerprint density at radius 2 is 2.24 bits per heavy atom. The second-order valence-electron chi connectivity index (χ2n) is 3.21. The maximum Gasteiger partial charge on any atom is 0.354 e. The molecule has 2 aromatic heterocycles. The Morgan fingerprint density at radius 3 is 2.82 bits per heavy atom. The molecule has 2 heterocycles. The quantitative estimate of drug-likeness (QED) is 0.752. The van der Waals surface area contributed by atoms with Crippen molar-refractivity contribution < 1.29 is 9.90 Å². The van der Waals surface area contributed by atoms with E-state index in [4.69, 9.17) is 10.8 Å². The molecule has 0 aliphatic carbocycles. The first-order valence-electron chi connectivity index (χ1n) is 4.63. The van der Waals surface area contributed by atoms with Gasteiger partial charge in [0.25, 0.3) is 0 Å². The number of aromatic carboxylic acids is 1. The number of carboxylic acid groups (broad SMARTS) is 1. The zero-order chi connectivity index (χ0) is 12.4. The average Bonchev–Trinajstić information content (AvgIpc) is 2.67. The summed E-state index contributed by atoms with van der Waals surface area (Å²) in [5.74, 6) is -0.215. The number of anilines is 3. The lowest BCUT2D eigenvalue weighted by Gasteiger charge is -2.05. The van der Waals surface area contributed by atoms with E-state index in [1.54, 1.807) is 6.92 Å². The molecule has 17 heavy (non-hydrogen) atoms. The monoisotopic (exact) mass is 251 g/mol. The minimum absolute atomic E-state index is 0.0806. The van der Waals surface area contributed by atoms with E-state index >= 15 is 0 Å². The summed E-state index contributed by atoms with van der Waals surface area (Å²) in [6.07, 6.45) is 0. The van der Waals surface area contributed by atoms with Crippen LogP contribution in [-0.2, 0) is 0 Å². The van der Waals surface area contributed by atoms with Gasteiger partial charge in [-0.25, -0.2) is 14.8 Å². The third-order valence-corrected chi connectivity index (χ3v) is 2.62. The Bertz CT molecular complexity index is 568. The molecule has 0 amide bonds. The van der Waals surface area contributed by atoms with Crippen LogP contribution < -0.4 is 11.1 Å². The standard InChI is InChI=1S/C9H9N5O2S/c1-4-11-9(17-14-4)13-7-5(10)2-3-6(12-7)8(15)16/h2-3H,10H2,1H3,(H,15,16)(H,11,12,13,14). The highest BCUT2D eigenvalue weighted by atomic mass is 32.1. The van der Waals surface area contributed by atoms with E-state index in [-0.39, 0.29) is 11.5 Å². The minimum atomic E-state index is -1.11. The van der Waals surface area contributed by atoms with Crippen molar-refractivity contribution in [3.8, 4) is 0 Å². The van der Waals surface area contributed by atoms with Crippen molar-refractivity contribution in [3.63, 3.8) is 0 Å². The molecule has 0 aliphatic rings. The van der Waals surface area contributed by atoms with Crippen molar-refractivity contribution >= 4 is 34.1 Å². The molecular weight excluding hydrogens is 242 g/mol. The molecule has 0 saturated heterocycles. The first-order valence-corrected chi connectivity index (χ1v) is 5.41. The summed E-state index contributed by atoms with van der Waals surface area (Å²) < 4.78 is 3.98. The average molecular weight is 251 g/mol. The van der Waals surface area contributed by atoms with Crippen molar-refractivity contribution in [1.29, 1.82) is 0 Å². The van der Waals surface area contributed by atoms with Gasteiger partial charge in [-0.15, -0.1) is 0 Å². The molecule has 2 rings (SSSR count). The molecule has 0 aliphatic heterocycles. The summed E-state index contributed by atoms with van der Waals surface area (Å²) in [6.45, 7) is 1.76. The Hall–Kier alpha value is -2.22. The lowest BCUT2D eigenvalue weighted by Crippen LogP contribution is -2.05. The van der Waals surface area contributed by atoms with Crippen LogP contribution in [0, 0.1) is 6.92 Å². The second kappa shape index (κ2) is 4.34. The van der Waals surface area contributed by atoms with Crippen LogP contribution in [-0.4, -0.2) is 25.4 Å². The van der Waals surface area contributed by atoms with Crippen molar-refractivity contribution in [2.75, 3.05) is 11.1 Å². The number of rotatable bonds is 3. The van der Waals surface area contributed by atoms with Crippen molar-refractivity contribution in [2.24, 2.45) is 0 Å². The Labute approximate surface area is 101 Å². The molecular formula is C9H9N5O2S. The van der Waals surface area contributed by atoms with Gasteiger partial charge in [0.2, 0.25) is 5.13 Å². The molecule has 0 atom stereocenters. The van der Waals surface area contributed by atoms with E-state index in [1.165, 1.54) is 12.1 Å². The third-order valence-electron chi connectivity index (χ3n) is 1.90. The topological polar surface area (TPSA) is 114 Å². The van der Waals surface area contributed by atoms with Gasteiger partial charge in [-0.3, -0.25) is 0 Å². The van der Waals surface area contributed by atoms with Crippen molar-refractivity contribution in [2.45, 2.75) is 6.92 Å². The predicted molar refractivity (Wildman–Crippen MR) is 63.5 cm³/mol. The maximum absolute atomic E-state index is 10.8. The molecule has 0 radical (unpaired) electrons. The number of nitrogens with zero attached hydrogens (tertiary/aromatic N) is 3. The van der Waals surface area contributed by atoms with Crippen LogP contribution in [0.2, 0.25) is 0 Å². The fraction of sp³-hybridized carbons (Fsp3) is 0.111. The number of hydrogen-bond acceptors (Lipinski definition) is 7. The van der Waals surface area contributed by atoms with Gasteiger partial charge in [-0.2, -0.15) is 4.37 Å². The van der Waals surface area contributed by atoms with Gasteiger partial charge in [0.1, 0.15) is 5.82 Å². The van der Waals surface area contributed by atoms with Gasteiger partial charge in [-0.1, -0.05) is 0 Å². The zero-order valence-electron chi connectivity index (χ0n) is 8.84. The Balaban J connectivity index is 2.31. The summed E-state index contributed by atoms with van der Waals surface area (Å²) >= 11 is 1.15. The number of hydrogen-bond donors (Lipinski definition) is 3. The highest BCUT2D eigenvalue weighted by molar-refractivity contribution is 7.09. The molecule has 88 valence electrons. The van der Waals surface area contributed by atoms with Crippen LogP contribution in [0.4, 0.5) is 16.6 Å². The van der Waals surface area contributed by atoms with Crippen molar-refractivity contribution in [1.82, 2.24) is 14.3 Å². The first kappa shape index (κ1) is 11.3. The molecule has 8 heteroatoms. The SMILES string of the molecule is Cc1nsc(Nc2nc(C(=O)O)ccc2N)n1. The molecule has 4 N–H and O–H groups in total. The maximum atomic E-state index is 10.8. The number of aryl methyl sites for hydroxylation is 1. The number of carbonyl (C=O) groups is 1. The van der Waals surface area contributed by atoms with Crippen LogP contribution in [0.5, 0.6) is 0 Å². The van der Waals surface area contributed by atoms with Crippen LogP contribution in [0.1, 0.15) is 16.3 Å². The van der Waals surface area contributed by atoms with E-state index in [0.717, 1.165) is 11.5 Å². The van der Waals surface area contributed by atoms with E-state index in [1.807, 2.05) is 0 Å². The molecule has 2 aromatic rings. The van der Waals surface area contributed by atoms with Gasteiger partial charge in [0.05, 0.1) is 5.69 Å². The normalized spacial score (nSPS) is 10.2. The largest absolute Gasteiger partial charge is 0.477 e. The highest BCUT2D eigenvalue weighted by Gasteiger charge is 2.10. The second-order valence-corrected chi connectivity index (χ2v) is 3.96. The summed E-state index contributed by atoms with van der Waals surface area (Å²) in [6, 6.07) is 2.82. The fourth-order valence-corrected chi connectivity index (χ4v) is 1.71. The number of nitrogen functional groups attached to an aromatic ring is 1. The Morgan fingerprint density at radius 1 is 1.47 bits per heavy atom. The number of carboxylic acids is 1. The molecule has 0 bridgehead atoms. The fourth-order valence-electron chi connectivity index (χ4n) is 1.14. The van der Waals surface area contributed by atoms with Gasteiger partial charge >= 0.3 is 5.97 Å². The summed E-state index contributed by atoms with van der Waals surface area (Å²) in [5.41, 5.74) is 5.95. The summed E-state index contributed by atoms with van der Waals surface area (Å²) in [7, 11) is 0. The van der Waals surface area contributed by atoms with Crippen LogP contribution >= 0.6 is 11.5 Å². The summed E-state index contributed by atoms with van der Waals surface area (Å²) in [5, 5.41) is 12.2. The lowest BCUT2D eigenvalue weighted by atomic mass is 10.3. The van der Waals surface area contributed by atoms with Gasteiger partial charge in [-0.05, 0) is 19.1 Å². The first-order chi connectivity index (χ1) is 8.06. The summed E-state index contributed by atoms with van der Waals surface area (Å²) in [4.78, 5) is 18.7. The molecule has 0 fully saturated rings. The molecule has 0 saturated carbocycles. The van der Waals surface area contributed by atoms with Crippen molar-refractivity contribution in [3.05, 3.63) is 23.7 Å². The molecule has 7 nitrogen and oxygen atoms in total. The molecule has 0 unspecified atom stereocenters. The highest BCUT2D eigenvalue weighted by Crippen LogP contribution is 2.22. The Kier molecular flexibility index (Phi) is 2.88. The number of nitrogens with two attached hydrogens (primary N) is 1. The minimum Gasteiger partial charge on any atom is -0.477 e. The van der Waals surface area contributed by atoms with Gasteiger partial charge < -0.3 is 16.2 Å². The number of pyridine rings is 1. The van der Waals surface area contributed by atoms with E-state index in [2.05, 4.69) is 19.7 Å². The van der Waals surface area contributed by atoms with Gasteiger partial charge in [0.15, 0.2) is 11.5 Å². The van der Waals surface area contributed by atoms with Crippen LogP contribution in [0.25, 0.3) is 0 Å². The number of nitrogens with one attached hydrogen (secondary N) is 1. The lowest BCUT2D eigenvalue weighted by molar-refractivity contribution is 0.0690. The van der Waals surface area contributed by atoms with Gasteiger partial charge in [0, 0.05) is 11.5 Å². The number of aromatic nitrogens is 3.